The molecule has 1 fully saturated rings. The number of hydrogen-bond donors (Lipinski definition) is 2. The number of fused-ring (bicyclic) bond motifs is 2. The number of hydrogen-bond acceptors (Lipinski definition) is 6. The summed E-state index contributed by atoms with van der Waals surface area (Å²) in [6.45, 7) is 4.72. The van der Waals surface area contributed by atoms with Crippen LogP contribution in [0, 0.1) is 0 Å². The van der Waals surface area contributed by atoms with Gasteiger partial charge in [0.1, 0.15) is 17.0 Å². The molecule has 2 N–H and O–H groups in total. The highest BCUT2D eigenvalue weighted by Crippen LogP contribution is 2.32. The molecule has 0 aliphatic carbocycles. The Hall–Kier alpha value is -3.10. The summed E-state index contributed by atoms with van der Waals surface area (Å²) in [5.74, 6) is 1.51. The van der Waals surface area contributed by atoms with E-state index in [-0.39, 0.29) is 6.10 Å². The number of imidazole rings is 1. The third kappa shape index (κ3) is 3.62. The van der Waals surface area contributed by atoms with Gasteiger partial charge in [0.05, 0.1) is 30.9 Å². The van der Waals surface area contributed by atoms with E-state index in [1.807, 2.05) is 18.2 Å². The van der Waals surface area contributed by atoms with E-state index in [2.05, 4.69) is 64.2 Å². The highest BCUT2D eigenvalue weighted by molar-refractivity contribution is 5.96. The van der Waals surface area contributed by atoms with Crippen molar-refractivity contribution in [3.8, 4) is 17.3 Å². The van der Waals surface area contributed by atoms with Crippen molar-refractivity contribution in [1.82, 2.24) is 25.1 Å². The van der Waals surface area contributed by atoms with Crippen LogP contribution in [0.1, 0.15) is 6.92 Å². The zero-order valence-electron chi connectivity index (χ0n) is 18.3. The third-order valence-electron chi connectivity index (χ3n) is 5.88. The molecule has 2 aromatic carbocycles. The first-order chi connectivity index (χ1) is 15.0. The van der Waals surface area contributed by atoms with Crippen LogP contribution < -0.4 is 9.64 Å². The molecule has 3 heterocycles. The van der Waals surface area contributed by atoms with Crippen molar-refractivity contribution in [3.63, 3.8) is 0 Å². The minimum Gasteiger partial charge on any atom is -0.494 e. The van der Waals surface area contributed by atoms with Gasteiger partial charge in [0.15, 0.2) is 5.82 Å². The van der Waals surface area contributed by atoms with Crippen LogP contribution in [0.4, 0.5) is 5.69 Å². The molecule has 31 heavy (non-hydrogen) atoms. The van der Waals surface area contributed by atoms with Gasteiger partial charge in [-0.2, -0.15) is 5.10 Å². The summed E-state index contributed by atoms with van der Waals surface area (Å²) >= 11 is 0. The Morgan fingerprint density at radius 2 is 2.13 bits per heavy atom. The Morgan fingerprint density at radius 1 is 1.26 bits per heavy atom. The van der Waals surface area contributed by atoms with Crippen molar-refractivity contribution < 1.29 is 9.47 Å². The quantitative estimate of drug-likeness (QED) is 0.516. The van der Waals surface area contributed by atoms with Crippen molar-refractivity contribution in [2.24, 2.45) is 0 Å². The fraction of sp³-hybridized carbons (Fsp3) is 0.391. The lowest BCUT2D eigenvalue weighted by atomic mass is 10.1. The van der Waals surface area contributed by atoms with Crippen LogP contribution in [0.25, 0.3) is 33.5 Å². The molecule has 2 atom stereocenters. The molecule has 1 saturated heterocycles. The van der Waals surface area contributed by atoms with Gasteiger partial charge >= 0.3 is 0 Å². The Bertz CT molecular complexity index is 1210. The van der Waals surface area contributed by atoms with Crippen LogP contribution in [0.15, 0.2) is 36.4 Å². The fourth-order valence-corrected chi connectivity index (χ4v) is 4.35. The maximum atomic E-state index is 6.03. The fourth-order valence-electron chi connectivity index (χ4n) is 4.35. The number of nitrogens with one attached hydrogen (secondary N) is 2. The summed E-state index contributed by atoms with van der Waals surface area (Å²) in [6, 6.07) is 12.6. The van der Waals surface area contributed by atoms with Crippen LogP contribution >= 0.6 is 0 Å². The second-order valence-electron chi connectivity index (χ2n) is 8.46. The molecule has 0 saturated carbocycles. The van der Waals surface area contributed by atoms with Gasteiger partial charge in [0, 0.05) is 30.2 Å². The molecule has 1 aliphatic heterocycles. The minimum atomic E-state index is 0.199. The lowest BCUT2D eigenvalue weighted by molar-refractivity contribution is 0.00880. The van der Waals surface area contributed by atoms with E-state index in [9.17, 15) is 0 Å². The van der Waals surface area contributed by atoms with E-state index in [0.717, 1.165) is 58.9 Å². The van der Waals surface area contributed by atoms with Crippen LogP contribution in [0.2, 0.25) is 0 Å². The number of rotatable bonds is 5. The van der Waals surface area contributed by atoms with Gasteiger partial charge in [0.25, 0.3) is 0 Å². The van der Waals surface area contributed by atoms with Gasteiger partial charge in [-0.05, 0) is 45.3 Å². The summed E-state index contributed by atoms with van der Waals surface area (Å²) in [6.07, 6.45) is 0.199. The number of methoxy groups -OCH3 is 1. The number of likely N-dealkylation sites (N-methyl/N-ethyl adjacent to an activating group) is 1. The van der Waals surface area contributed by atoms with Crippen LogP contribution in [0.3, 0.4) is 0 Å². The Kier molecular flexibility index (Phi) is 5.03. The van der Waals surface area contributed by atoms with E-state index >= 15 is 0 Å². The zero-order chi connectivity index (χ0) is 21.5. The van der Waals surface area contributed by atoms with Crippen molar-refractivity contribution >= 4 is 27.6 Å². The minimum absolute atomic E-state index is 0.199. The molecule has 0 amide bonds. The molecule has 8 heteroatoms. The van der Waals surface area contributed by atoms with Gasteiger partial charge in [0.2, 0.25) is 0 Å². The van der Waals surface area contributed by atoms with Crippen molar-refractivity contribution in [1.29, 1.82) is 0 Å². The number of anilines is 1. The van der Waals surface area contributed by atoms with Gasteiger partial charge in [-0.1, -0.05) is 12.1 Å². The predicted molar refractivity (Wildman–Crippen MR) is 123 cm³/mol. The van der Waals surface area contributed by atoms with Gasteiger partial charge in [-0.25, -0.2) is 4.98 Å². The molecule has 2 unspecified atom stereocenters. The average Bonchev–Trinajstić information content (AvgIpc) is 3.37. The maximum absolute atomic E-state index is 6.03. The number of aromatic nitrogens is 4. The molecule has 0 bridgehead atoms. The molecule has 5 rings (SSSR count). The largest absolute Gasteiger partial charge is 0.494 e. The second kappa shape index (κ2) is 7.86. The molecule has 1 aliphatic rings. The van der Waals surface area contributed by atoms with E-state index in [0.29, 0.717) is 6.04 Å². The summed E-state index contributed by atoms with van der Waals surface area (Å²) in [7, 11) is 5.82. The lowest BCUT2D eigenvalue weighted by Gasteiger charge is -2.40. The number of morpholine rings is 1. The molecular weight excluding hydrogens is 392 g/mol. The van der Waals surface area contributed by atoms with Gasteiger partial charge in [-0.15, -0.1) is 0 Å². The Morgan fingerprint density at radius 3 is 2.94 bits per heavy atom. The topological polar surface area (TPSA) is 82.3 Å². The molecule has 0 radical (unpaired) electrons. The zero-order valence-corrected chi connectivity index (χ0v) is 18.3. The first kappa shape index (κ1) is 19.8. The first-order valence-electron chi connectivity index (χ1n) is 10.6. The molecule has 2 aromatic heterocycles. The monoisotopic (exact) mass is 420 g/mol. The smallest absolute Gasteiger partial charge is 0.159 e. The number of benzene rings is 2. The highest BCUT2D eigenvalue weighted by Gasteiger charge is 2.27. The normalized spacial score (nSPS) is 19.6. The second-order valence-corrected chi connectivity index (χ2v) is 8.46. The predicted octanol–water partition coefficient (Wildman–Crippen LogP) is 3.27. The lowest BCUT2D eigenvalue weighted by Crippen LogP contribution is -2.51. The van der Waals surface area contributed by atoms with E-state index in [4.69, 9.17) is 14.5 Å². The summed E-state index contributed by atoms with van der Waals surface area (Å²) in [4.78, 5) is 12.9. The van der Waals surface area contributed by atoms with Crippen LogP contribution in [0.5, 0.6) is 5.75 Å². The Labute approximate surface area is 181 Å². The number of aromatic amines is 2. The standard InChI is InChI=1S/C23H28N6O2/c1-14-13-31-16(11-28(2)3)12-29(14)15-8-9-18-19(10-15)25-23(24-18)22-17-6-5-7-20(30-4)21(17)26-27-22/h5-10,14,16H,11-13H2,1-4H3,(H,24,25)(H,26,27). The van der Waals surface area contributed by atoms with Crippen molar-refractivity contribution in [3.05, 3.63) is 36.4 Å². The van der Waals surface area contributed by atoms with Crippen molar-refractivity contribution in [2.75, 3.05) is 45.8 Å². The molecular formula is C23H28N6O2. The molecule has 8 nitrogen and oxygen atoms in total. The van der Waals surface area contributed by atoms with E-state index in [1.165, 1.54) is 5.69 Å². The Balaban J connectivity index is 1.48. The SMILES string of the molecule is COc1cccc2c(-c3nc4ccc(N5CC(CN(C)C)OCC5C)cc4[nH]3)n[nH]c12. The number of ether oxygens (including phenoxy) is 2. The van der Waals surface area contributed by atoms with Gasteiger partial charge < -0.3 is 24.3 Å². The van der Waals surface area contributed by atoms with E-state index in [1.54, 1.807) is 7.11 Å². The summed E-state index contributed by atoms with van der Waals surface area (Å²) < 4.78 is 11.5. The average molecular weight is 421 g/mol. The molecule has 4 aromatic rings. The molecule has 162 valence electrons. The van der Waals surface area contributed by atoms with Crippen molar-refractivity contribution in [2.45, 2.75) is 19.1 Å². The highest BCUT2D eigenvalue weighted by atomic mass is 16.5. The molecule has 0 spiro atoms. The first-order valence-corrected chi connectivity index (χ1v) is 10.6. The van der Waals surface area contributed by atoms with Gasteiger partial charge in [-0.3, -0.25) is 5.10 Å². The maximum Gasteiger partial charge on any atom is 0.159 e. The van der Waals surface area contributed by atoms with E-state index < -0.39 is 0 Å². The number of para-hydroxylation sites is 1. The summed E-state index contributed by atoms with van der Waals surface area (Å²) in [5.41, 5.74) is 4.75. The summed E-state index contributed by atoms with van der Waals surface area (Å²) in [5, 5.41) is 8.56. The number of nitrogens with zero attached hydrogens (tertiary/aromatic N) is 4. The third-order valence-corrected chi connectivity index (χ3v) is 5.88. The number of H-pyrrole nitrogens is 2. The van der Waals surface area contributed by atoms with Crippen LogP contribution in [-0.4, -0.2) is 78.1 Å². The van der Waals surface area contributed by atoms with Crippen LogP contribution in [-0.2, 0) is 4.74 Å².